The molecule has 3 amide bonds. The molecule has 0 aliphatic carbocycles. The van der Waals surface area contributed by atoms with Crippen molar-refractivity contribution in [1.82, 2.24) is 15.1 Å². The van der Waals surface area contributed by atoms with Crippen molar-refractivity contribution in [3.8, 4) is 0 Å². The van der Waals surface area contributed by atoms with Crippen molar-refractivity contribution in [1.29, 1.82) is 0 Å². The van der Waals surface area contributed by atoms with Crippen molar-refractivity contribution < 1.29 is 23.5 Å². The van der Waals surface area contributed by atoms with Crippen molar-refractivity contribution in [3.05, 3.63) is 24.2 Å². The Morgan fingerprint density at radius 2 is 2.33 bits per heavy atom. The van der Waals surface area contributed by atoms with E-state index >= 15 is 0 Å². The number of hydrogen-bond donors (Lipinski definition) is 1. The van der Waals surface area contributed by atoms with Crippen molar-refractivity contribution in [2.24, 2.45) is 0 Å². The van der Waals surface area contributed by atoms with Gasteiger partial charge in [0.25, 0.3) is 5.91 Å². The van der Waals surface area contributed by atoms with Gasteiger partial charge in [-0.15, -0.1) is 0 Å². The Bertz CT molecular complexity index is 520. The molecule has 0 saturated carbocycles. The maximum atomic E-state index is 12.5. The van der Waals surface area contributed by atoms with E-state index in [4.69, 9.17) is 13.9 Å². The second-order valence-corrected chi connectivity index (χ2v) is 5.50. The summed E-state index contributed by atoms with van der Waals surface area (Å²) in [6, 6.07) is 3.20. The molecule has 0 bridgehead atoms. The highest BCUT2D eigenvalue weighted by molar-refractivity contribution is 5.91. The summed E-state index contributed by atoms with van der Waals surface area (Å²) in [7, 11) is 1.59. The molecule has 0 radical (unpaired) electrons. The van der Waals surface area contributed by atoms with Crippen LogP contribution < -0.4 is 5.32 Å². The largest absolute Gasteiger partial charge is 0.459 e. The number of amides is 3. The average Bonchev–Trinajstić information content (AvgIpc) is 3.13. The molecule has 1 N–H and O–H groups in total. The van der Waals surface area contributed by atoms with Crippen LogP contribution >= 0.6 is 0 Å². The van der Waals surface area contributed by atoms with Crippen molar-refractivity contribution in [3.63, 3.8) is 0 Å². The van der Waals surface area contributed by atoms with Gasteiger partial charge in [0.1, 0.15) is 0 Å². The number of carbonyl (C=O) groups excluding carboxylic acids is 2. The van der Waals surface area contributed by atoms with Crippen LogP contribution in [0.3, 0.4) is 0 Å². The normalized spacial score (nSPS) is 17.6. The lowest BCUT2D eigenvalue weighted by Crippen LogP contribution is -2.53. The van der Waals surface area contributed by atoms with Gasteiger partial charge in [-0.1, -0.05) is 0 Å². The summed E-state index contributed by atoms with van der Waals surface area (Å²) in [5.74, 6) is 0.0678. The Morgan fingerprint density at radius 1 is 1.50 bits per heavy atom. The number of nitrogens with one attached hydrogen (secondary N) is 1. The number of hydrogen-bond acceptors (Lipinski definition) is 5. The maximum absolute atomic E-state index is 12.5. The number of urea groups is 1. The van der Waals surface area contributed by atoms with E-state index in [2.05, 4.69) is 5.32 Å². The van der Waals surface area contributed by atoms with Crippen molar-refractivity contribution >= 4 is 11.9 Å². The van der Waals surface area contributed by atoms with E-state index in [1.165, 1.54) is 6.26 Å². The highest BCUT2D eigenvalue weighted by Gasteiger charge is 2.28. The maximum Gasteiger partial charge on any atom is 0.317 e. The van der Waals surface area contributed by atoms with E-state index < -0.39 is 0 Å². The van der Waals surface area contributed by atoms with Gasteiger partial charge in [-0.25, -0.2) is 4.79 Å². The summed E-state index contributed by atoms with van der Waals surface area (Å²) in [4.78, 5) is 27.8. The Labute approximate surface area is 141 Å². The van der Waals surface area contributed by atoms with Crippen LogP contribution in [0.15, 0.2) is 22.8 Å². The Morgan fingerprint density at radius 3 is 3.00 bits per heavy atom. The lowest BCUT2D eigenvalue weighted by Gasteiger charge is -2.35. The third kappa shape index (κ3) is 4.97. The first-order chi connectivity index (χ1) is 11.7. The van der Waals surface area contributed by atoms with Gasteiger partial charge in [-0.2, -0.15) is 0 Å². The molecule has 1 aliphatic heterocycles. The van der Waals surface area contributed by atoms with Crippen LogP contribution in [-0.2, 0) is 9.47 Å². The molecule has 2 rings (SSSR count). The summed E-state index contributed by atoms with van der Waals surface area (Å²) in [6.45, 7) is 5.12. The third-order valence-electron chi connectivity index (χ3n) is 3.76. The fraction of sp³-hybridized carbons (Fsp3) is 0.625. The number of nitrogens with zero attached hydrogens (tertiary/aromatic N) is 2. The minimum atomic E-state index is -0.239. The number of ether oxygens (including phenoxy) is 2. The average molecular weight is 339 g/mol. The van der Waals surface area contributed by atoms with Gasteiger partial charge >= 0.3 is 6.03 Å². The van der Waals surface area contributed by atoms with E-state index in [1.54, 1.807) is 29.0 Å². The minimum Gasteiger partial charge on any atom is -0.459 e. The standard InChI is InChI=1S/C16H25N3O5/c1-3-17-16(21)19-7-10-23-13(12-19)11-18(6-9-22-2)15(20)14-5-4-8-24-14/h4-5,8,13H,3,6-7,9-12H2,1-2H3,(H,17,21). The molecule has 134 valence electrons. The first kappa shape index (κ1) is 18.3. The van der Waals surface area contributed by atoms with Crippen LogP contribution in [-0.4, -0.2) is 80.9 Å². The number of furan rings is 1. The fourth-order valence-corrected chi connectivity index (χ4v) is 2.56. The predicted octanol–water partition coefficient (Wildman–Crippen LogP) is 0.799. The molecule has 2 heterocycles. The molecule has 1 aromatic heterocycles. The molecular formula is C16H25N3O5. The fourth-order valence-electron chi connectivity index (χ4n) is 2.56. The summed E-state index contributed by atoms with van der Waals surface area (Å²) in [5.41, 5.74) is 0. The zero-order chi connectivity index (χ0) is 17.4. The SMILES string of the molecule is CCNC(=O)N1CCOC(CN(CCOC)C(=O)c2ccco2)C1. The van der Waals surface area contributed by atoms with Crippen LogP contribution in [0.1, 0.15) is 17.5 Å². The van der Waals surface area contributed by atoms with Gasteiger partial charge in [-0.05, 0) is 19.1 Å². The van der Waals surface area contributed by atoms with Gasteiger partial charge < -0.3 is 29.0 Å². The summed E-state index contributed by atoms with van der Waals surface area (Å²) in [6.07, 6.45) is 1.23. The Hall–Kier alpha value is -2.06. The van der Waals surface area contributed by atoms with Crippen molar-refractivity contribution in [2.45, 2.75) is 13.0 Å². The smallest absolute Gasteiger partial charge is 0.317 e. The molecule has 1 fully saturated rings. The third-order valence-corrected chi connectivity index (χ3v) is 3.76. The van der Waals surface area contributed by atoms with Crippen LogP contribution in [0.4, 0.5) is 4.79 Å². The van der Waals surface area contributed by atoms with Gasteiger partial charge in [0.15, 0.2) is 5.76 Å². The monoisotopic (exact) mass is 339 g/mol. The molecular weight excluding hydrogens is 314 g/mol. The van der Waals surface area contributed by atoms with Crippen LogP contribution in [0, 0.1) is 0 Å². The van der Waals surface area contributed by atoms with E-state index in [0.29, 0.717) is 45.9 Å². The van der Waals surface area contributed by atoms with Crippen LogP contribution in [0.25, 0.3) is 0 Å². The molecule has 1 saturated heterocycles. The lowest BCUT2D eigenvalue weighted by molar-refractivity contribution is -0.0298. The molecule has 0 spiro atoms. The van der Waals surface area contributed by atoms with Crippen LogP contribution in [0.5, 0.6) is 0 Å². The molecule has 8 nitrogen and oxygen atoms in total. The number of morpholine rings is 1. The summed E-state index contributed by atoms with van der Waals surface area (Å²) in [5, 5.41) is 2.78. The topological polar surface area (TPSA) is 84.3 Å². The minimum absolute atomic E-state index is 0.105. The second-order valence-electron chi connectivity index (χ2n) is 5.50. The molecule has 0 aromatic carbocycles. The molecule has 1 aliphatic rings. The number of carbonyl (C=O) groups is 2. The highest BCUT2D eigenvalue weighted by atomic mass is 16.5. The first-order valence-corrected chi connectivity index (χ1v) is 8.11. The summed E-state index contributed by atoms with van der Waals surface area (Å²) >= 11 is 0. The molecule has 1 unspecified atom stereocenters. The Balaban J connectivity index is 1.97. The zero-order valence-electron chi connectivity index (χ0n) is 14.2. The highest BCUT2D eigenvalue weighted by Crippen LogP contribution is 2.11. The number of rotatable bonds is 7. The second kappa shape index (κ2) is 9.29. The first-order valence-electron chi connectivity index (χ1n) is 8.11. The Kier molecular flexibility index (Phi) is 7.07. The van der Waals surface area contributed by atoms with Gasteiger partial charge in [0.2, 0.25) is 0 Å². The molecule has 1 atom stereocenters. The van der Waals surface area contributed by atoms with Crippen molar-refractivity contribution in [2.75, 3.05) is 53.0 Å². The molecule has 24 heavy (non-hydrogen) atoms. The quantitative estimate of drug-likeness (QED) is 0.794. The van der Waals surface area contributed by atoms with E-state index in [1.807, 2.05) is 6.92 Å². The van der Waals surface area contributed by atoms with E-state index in [-0.39, 0.29) is 23.8 Å². The zero-order valence-corrected chi connectivity index (χ0v) is 14.2. The lowest BCUT2D eigenvalue weighted by atomic mass is 10.2. The van der Waals surface area contributed by atoms with E-state index in [0.717, 1.165) is 0 Å². The van der Waals surface area contributed by atoms with Crippen LogP contribution in [0.2, 0.25) is 0 Å². The summed E-state index contributed by atoms with van der Waals surface area (Å²) < 4.78 is 16.0. The number of methoxy groups -OCH3 is 1. The molecule has 8 heteroatoms. The molecule has 1 aromatic rings. The van der Waals surface area contributed by atoms with Gasteiger partial charge in [0.05, 0.1) is 32.1 Å². The van der Waals surface area contributed by atoms with Gasteiger partial charge in [0, 0.05) is 33.3 Å². The van der Waals surface area contributed by atoms with E-state index in [9.17, 15) is 9.59 Å². The van der Waals surface area contributed by atoms with Gasteiger partial charge in [-0.3, -0.25) is 4.79 Å². The predicted molar refractivity (Wildman–Crippen MR) is 86.9 cm³/mol.